The van der Waals surface area contributed by atoms with Gasteiger partial charge in [-0.05, 0) is 31.4 Å². The van der Waals surface area contributed by atoms with E-state index in [0.717, 1.165) is 18.4 Å². The van der Waals surface area contributed by atoms with E-state index in [-0.39, 0.29) is 5.88 Å². The second-order valence-electron chi connectivity index (χ2n) is 3.38. The summed E-state index contributed by atoms with van der Waals surface area (Å²) in [5.41, 5.74) is 8.00. The first-order chi connectivity index (χ1) is 7.56. The molecule has 0 spiro atoms. The summed E-state index contributed by atoms with van der Waals surface area (Å²) in [4.78, 5) is 10.6. The number of nitrogens with two attached hydrogens (primary N) is 2. The number of carboxylic acid groups (broad SMARTS) is 1. The Bertz CT molecular complexity index is 383. The SMILES string of the molecule is CC1=C(O/C(NN)=C(/N)C(=O)O)C=CCC1. The first kappa shape index (κ1) is 12.1. The Morgan fingerprint density at radius 1 is 1.62 bits per heavy atom. The lowest BCUT2D eigenvalue weighted by atomic mass is 10.1. The van der Waals surface area contributed by atoms with Crippen molar-refractivity contribution in [3.63, 3.8) is 0 Å². The van der Waals surface area contributed by atoms with Crippen LogP contribution >= 0.6 is 0 Å². The second-order valence-corrected chi connectivity index (χ2v) is 3.38. The molecule has 0 amide bonds. The third-order valence-corrected chi connectivity index (χ3v) is 2.19. The monoisotopic (exact) mass is 225 g/mol. The number of carbonyl (C=O) groups is 1. The van der Waals surface area contributed by atoms with Crippen molar-refractivity contribution in [2.75, 3.05) is 0 Å². The van der Waals surface area contributed by atoms with Crippen LogP contribution in [-0.4, -0.2) is 11.1 Å². The first-order valence-corrected chi connectivity index (χ1v) is 4.80. The Morgan fingerprint density at radius 3 is 2.81 bits per heavy atom. The Balaban J connectivity index is 2.90. The fourth-order valence-electron chi connectivity index (χ4n) is 1.25. The molecule has 0 aromatic rings. The topological polar surface area (TPSA) is 111 Å². The third-order valence-electron chi connectivity index (χ3n) is 2.19. The first-order valence-electron chi connectivity index (χ1n) is 4.80. The van der Waals surface area contributed by atoms with Gasteiger partial charge in [0.2, 0.25) is 5.88 Å². The van der Waals surface area contributed by atoms with E-state index < -0.39 is 11.7 Å². The Hall–Kier alpha value is -1.95. The summed E-state index contributed by atoms with van der Waals surface area (Å²) >= 11 is 0. The van der Waals surface area contributed by atoms with Crippen LogP contribution in [0.3, 0.4) is 0 Å². The van der Waals surface area contributed by atoms with Gasteiger partial charge in [-0.2, -0.15) is 0 Å². The lowest BCUT2D eigenvalue weighted by Crippen LogP contribution is -2.29. The zero-order chi connectivity index (χ0) is 12.1. The number of rotatable bonds is 4. The van der Waals surface area contributed by atoms with E-state index in [4.69, 9.17) is 21.4 Å². The molecule has 0 aliphatic heterocycles. The van der Waals surface area contributed by atoms with Crippen molar-refractivity contribution in [1.29, 1.82) is 0 Å². The summed E-state index contributed by atoms with van der Waals surface area (Å²) in [5.74, 6) is 4.28. The van der Waals surface area contributed by atoms with Gasteiger partial charge < -0.3 is 15.6 Å². The highest BCUT2D eigenvalue weighted by Crippen LogP contribution is 2.21. The van der Waals surface area contributed by atoms with Crippen molar-refractivity contribution < 1.29 is 14.6 Å². The minimum atomic E-state index is -1.29. The molecule has 0 atom stereocenters. The van der Waals surface area contributed by atoms with Crippen LogP contribution in [0.15, 0.2) is 35.1 Å². The Labute approximate surface area is 93.2 Å². The average molecular weight is 225 g/mol. The van der Waals surface area contributed by atoms with Gasteiger partial charge in [0.15, 0.2) is 5.70 Å². The molecule has 0 saturated heterocycles. The number of hydrogen-bond donors (Lipinski definition) is 4. The average Bonchev–Trinajstić information content (AvgIpc) is 2.27. The van der Waals surface area contributed by atoms with Crippen molar-refractivity contribution in [3.8, 4) is 0 Å². The molecule has 6 nitrogen and oxygen atoms in total. The predicted octanol–water partition coefficient (Wildman–Crippen LogP) is 0.303. The zero-order valence-electron chi connectivity index (χ0n) is 8.99. The summed E-state index contributed by atoms with van der Waals surface area (Å²) in [5, 5.41) is 8.69. The summed E-state index contributed by atoms with van der Waals surface area (Å²) in [7, 11) is 0. The third kappa shape index (κ3) is 2.77. The van der Waals surface area contributed by atoms with Gasteiger partial charge in [0.05, 0.1) is 0 Å². The predicted molar refractivity (Wildman–Crippen MR) is 58.3 cm³/mol. The minimum Gasteiger partial charge on any atom is -0.476 e. The van der Waals surface area contributed by atoms with Gasteiger partial charge in [-0.15, -0.1) is 0 Å². The fraction of sp³-hybridized carbons (Fsp3) is 0.300. The molecule has 1 aliphatic rings. The summed E-state index contributed by atoms with van der Waals surface area (Å²) in [6.45, 7) is 1.91. The number of aliphatic carboxylic acids is 1. The zero-order valence-corrected chi connectivity index (χ0v) is 8.99. The molecule has 88 valence electrons. The van der Waals surface area contributed by atoms with Gasteiger partial charge in [-0.1, -0.05) is 6.08 Å². The number of allylic oxidation sites excluding steroid dienone is 3. The molecule has 1 aliphatic carbocycles. The molecular formula is C10H15N3O3. The molecule has 6 heteroatoms. The van der Waals surface area contributed by atoms with Crippen LogP contribution in [0, 0.1) is 0 Å². The van der Waals surface area contributed by atoms with Crippen molar-refractivity contribution in [2.45, 2.75) is 19.8 Å². The van der Waals surface area contributed by atoms with E-state index in [1.54, 1.807) is 6.08 Å². The second kappa shape index (κ2) is 5.22. The van der Waals surface area contributed by atoms with Crippen LogP contribution in [0.25, 0.3) is 0 Å². The minimum absolute atomic E-state index is 0.159. The fourth-order valence-corrected chi connectivity index (χ4v) is 1.25. The van der Waals surface area contributed by atoms with Crippen molar-refractivity contribution in [3.05, 3.63) is 35.1 Å². The van der Waals surface area contributed by atoms with Gasteiger partial charge in [0, 0.05) is 0 Å². The summed E-state index contributed by atoms with van der Waals surface area (Å²) in [6, 6.07) is 0. The maximum atomic E-state index is 10.6. The molecule has 0 saturated carbocycles. The standard InChI is InChI=1S/C10H15N3O3/c1-6-4-2-3-5-7(6)16-9(13-12)8(11)10(14)15/h3,5,13H,2,4,11-12H2,1H3,(H,14,15)/b9-8+. The van der Waals surface area contributed by atoms with E-state index >= 15 is 0 Å². The van der Waals surface area contributed by atoms with Crippen molar-refractivity contribution in [1.82, 2.24) is 5.43 Å². The number of ether oxygens (including phenoxy) is 1. The highest BCUT2D eigenvalue weighted by atomic mass is 16.5. The maximum Gasteiger partial charge on any atom is 0.357 e. The molecule has 0 bridgehead atoms. The van der Waals surface area contributed by atoms with Gasteiger partial charge in [-0.3, -0.25) is 5.43 Å². The van der Waals surface area contributed by atoms with Gasteiger partial charge in [0.25, 0.3) is 0 Å². The van der Waals surface area contributed by atoms with E-state index in [0.29, 0.717) is 5.76 Å². The number of hydrogen-bond acceptors (Lipinski definition) is 5. The molecule has 0 aromatic heterocycles. The van der Waals surface area contributed by atoms with Crippen LogP contribution in [0.4, 0.5) is 0 Å². The Kier molecular flexibility index (Phi) is 3.96. The van der Waals surface area contributed by atoms with Gasteiger partial charge in [0.1, 0.15) is 5.76 Å². The van der Waals surface area contributed by atoms with Crippen LogP contribution in [0.2, 0.25) is 0 Å². The molecular weight excluding hydrogens is 210 g/mol. The molecule has 0 unspecified atom stereocenters. The lowest BCUT2D eigenvalue weighted by molar-refractivity contribution is -0.133. The van der Waals surface area contributed by atoms with E-state index in [9.17, 15) is 4.79 Å². The molecule has 0 fully saturated rings. The van der Waals surface area contributed by atoms with E-state index in [1.165, 1.54) is 0 Å². The smallest absolute Gasteiger partial charge is 0.357 e. The highest BCUT2D eigenvalue weighted by Gasteiger charge is 2.14. The maximum absolute atomic E-state index is 10.6. The molecule has 6 N–H and O–H groups in total. The molecule has 0 radical (unpaired) electrons. The molecule has 0 aromatic carbocycles. The van der Waals surface area contributed by atoms with Crippen molar-refractivity contribution >= 4 is 5.97 Å². The number of nitrogens with one attached hydrogen (secondary N) is 1. The number of hydrazine groups is 1. The quantitative estimate of drug-likeness (QED) is 0.237. The van der Waals surface area contributed by atoms with Crippen LogP contribution in [0.5, 0.6) is 0 Å². The lowest BCUT2D eigenvalue weighted by Gasteiger charge is -2.16. The van der Waals surface area contributed by atoms with Crippen molar-refractivity contribution in [2.24, 2.45) is 11.6 Å². The van der Waals surface area contributed by atoms with E-state index in [2.05, 4.69) is 5.43 Å². The summed E-state index contributed by atoms with van der Waals surface area (Å²) in [6.07, 6.45) is 5.53. The van der Waals surface area contributed by atoms with Gasteiger partial charge in [-0.25, -0.2) is 10.6 Å². The van der Waals surface area contributed by atoms with E-state index in [1.807, 2.05) is 13.0 Å². The summed E-state index contributed by atoms with van der Waals surface area (Å²) < 4.78 is 5.31. The van der Waals surface area contributed by atoms with Gasteiger partial charge >= 0.3 is 5.97 Å². The number of carboxylic acids is 1. The highest BCUT2D eigenvalue weighted by molar-refractivity contribution is 5.85. The van der Waals surface area contributed by atoms with Crippen LogP contribution in [0.1, 0.15) is 19.8 Å². The molecule has 0 heterocycles. The van der Waals surface area contributed by atoms with Crippen LogP contribution < -0.4 is 17.0 Å². The normalized spacial score (nSPS) is 16.9. The van der Waals surface area contributed by atoms with Crippen LogP contribution in [-0.2, 0) is 9.53 Å². The Morgan fingerprint density at radius 2 is 2.31 bits per heavy atom. The molecule has 1 rings (SSSR count). The molecule has 16 heavy (non-hydrogen) atoms. The largest absolute Gasteiger partial charge is 0.476 e.